The van der Waals surface area contributed by atoms with E-state index in [1.807, 2.05) is 13.8 Å². The fourth-order valence-electron chi connectivity index (χ4n) is 2.00. The third-order valence-electron chi connectivity index (χ3n) is 3.25. The second-order valence-electron chi connectivity index (χ2n) is 5.18. The summed E-state index contributed by atoms with van der Waals surface area (Å²) in [6.07, 6.45) is 2.06. The Labute approximate surface area is 126 Å². The Bertz CT molecular complexity index is 451. The molecule has 5 heteroatoms. The Kier molecular flexibility index (Phi) is 6.79. The second-order valence-corrected chi connectivity index (χ2v) is 5.59. The largest absolute Gasteiger partial charge is 0.370 e. The number of carbonyl (C=O) groups excluding carboxylic acids is 1. The molecule has 0 saturated carbocycles. The molecule has 0 radical (unpaired) electrons. The SMILES string of the molecule is CCNc1ccc(Cl)c(C(=O)NC(C)CC(C)CC)n1. The summed E-state index contributed by atoms with van der Waals surface area (Å²) in [6, 6.07) is 3.57. The molecule has 0 aliphatic heterocycles. The van der Waals surface area contributed by atoms with Crippen LogP contribution in [0.5, 0.6) is 0 Å². The number of nitrogens with one attached hydrogen (secondary N) is 2. The number of pyridine rings is 1. The molecule has 1 rings (SSSR count). The van der Waals surface area contributed by atoms with Gasteiger partial charge in [0.1, 0.15) is 11.5 Å². The van der Waals surface area contributed by atoms with Crippen molar-refractivity contribution in [1.29, 1.82) is 0 Å². The van der Waals surface area contributed by atoms with Crippen LogP contribution in [0.2, 0.25) is 5.02 Å². The number of hydrogen-bond donors (Lipinski definition) is 2. The lowest BCUT2D eigenvalue weighted by Crippen LogP contribution is -2.34. The van der Waals surface area contributed by atoms with E-state index in [4.69, 9.17) is 11.6 Å². The summed E-state index contributed by atoms with van der Waals surface area (Å²) >= 11 is 6.06. The van der Waals surface area contributed by atoms with Crippen molar-refractivity contribution in [1.82, 2.24) is 10.3 Å². The molecular formula is C15H24ClN3O. The summed E-state index contributed by atoms with van der Waals surface area (Å²) in [7, 11) is 0. The van der Waals surface area contributed by atoms with Crippen LogP contribution in [-0.2, 0) is 0 Å². The maximum atomic E-state index is 12.2. The molecule has 0 spiro atoms. The maximum absolute atomic E-state index is 12.2. The number of hydrogen-bond acceptors (Lipinski definition) is 3. The van der Waals surface area contributed by atoms with Crippen molar-refractivity contribution in [3.63, 3.8) is 0 Å². The third kappa shape index (κ3) is 5.00. The van der Waals surface area contributed by atoms with E-state index < -0.39 is 0 Å². The molecule has 0 aliphatic rings. The van der Waals surface area contributed by atoms with Gasteiger partial charge in [0.15, 0.2) is 0 Å². The average molecular weight is 298 g/mol. The molecule has 0 aliphatic carbocycles. The summed E-state index contributed by atoms with van der Waals surface area (Å²) < 4.78 is 0. The van der Waals surface area contributed by atoms with E-state index in [0.29, 0.717) is 16.8 Å². The zero-order valence-corrected chi connectivity index (χ0v) is 13.4. The first-order valence-electron chi connectivity index (χ1n) is 7.19. The monoisotopic (exact) mass is 297 g/mol. The Morgan fingerprint density at radius 2 is 2.05 bits per heavy atom. The van der Waals surface area contributed by atoms with Gasteiger partial charge in [-0.05, 0) is 38.3 Å². The minimum Gasteiger partial charge on any atom is -0.370 e. The van der Waals surface area contributed by atoms with Gasteiger partial charge in [0.25, 0.3) is 5.91 Å². The smallest absolute Gasteiger partial charge is 0.271 e. The lowest BCUT2D eigenvalue weighted by molar-refractivity contribution is 0.0930. The van der Waals surface area contributed by atoms with E-state index in [2.05, 4.69) is 29.5 Å². The number of aromatic nitrogens is 1. The fourth-order valence-corrected chi connectivity index (χ4v) is 2.19. The molecular weight excluding hydrogens is 274 g/mol. The molecule has 1 heterocycles. The summed E-state index contributed by atoms with van der Waals surface area (Å²) in [4.78, 5) is 16.5. The molecule has 2 N–H and O–H groups in total. The summed E-state index contributed by atoms with van der Waals surface area (Å²) in [6.45, 7) is 9.06. The first kappa shape index (κ1) is 16.8. The van der Waals surface area contributed by atoms with Crippen molar-refractivity contribution in [2.75, 3.05) is 11.9 Å². The third-order valence-corrected chi connectivity index (χ3v) is 3.55. The van der Waals surface area contributed by atoms with E-state index >= 15 is 0 Å². The van der Waals surface area contributed by atoms with Gasteiger partial charge in [-0.2, -0.15) is 0 Å². The highest BCUT2D eigenvalue weighted by Gasteiger charge is 2.16. The van der Waals surface area contributed by atoms with Gasteiger partial charge in [-0.1, -0.05) is 31.9 Å². The van der Waals surface area contributed by atoms with Gasteiger partial charge in [-0.25, -0.2) is 4.98 Å². The highest BCUT2D eigenvalue weighted by molar-refractivity contribution is 6.33. The molecule has 0 bridgehead atoms. The van der Waals surface area contributed by atoms with Gasteiger partial charge in [0, 0.05) is 12.6 Å². The predicted molar refractivity (Wildman–Crippen MR) is 84.4 cm³/mol. The fraction of sp³-hybridized carbons (Fsp3) is 0.600. The highest BCUT2D eigenvalue weighted by atomic mass is 35.5. The molecule has 4 nitrogen and oxygen atoms in total. The number of halogens is 1. The summed E-state index contributed by atoms with van der Waals surface area (Å²) in [5, 5.41) is 6.41. The van der Waals surface area contributed by atoms with Crippen molar-refractivity contribution in [3.05, 3.63) is 22.8 Å². The first-order chi connectivity index (χ1) is 9.47. The number of rotatable bonds is 7. The van der Waals surface area contributed by atoms with Crippen LogP contribution >= 0.6 is 11.6 Å². The maximum Gasteiger partial charge on any atom is 0.271 e. The highest BCUT2D eigenvalue weighted by Crippen LogP contribution is 2.17. The molecule has 2 unspecified atom stereocenters. The van der Waals surface area contributed by atoms with Gasteiger partial charge < -0.3 is 10.6 Å². The van der Waals surface area contributed by atoms with Crippen LogP contribution in [0.4, 0.5) is 5.82 Å². The van der Waals surface area contributed by atoms with Crippen molar-refractivity contribution in [2.45, 2.75) is 46.6 Å². The van der Waals surface area contributed by atoms with Crippen LogP contribution in [0.25, 0.3) is 0 Å². The Balaban J connectivity index is 2.73. The van der Waals surface area contributed by atoms with Crippen LogP contribution in [0.15, 0.2) is 12.1 Å². The van der Waals surface area contributed by atoms with Crippen molar-refractivity contribution >= 4 is 23.3 Å². The van der Waals surface area contributed by atoms with E-state index in [1.54, 1.807) is 12.1 Å². The van der Waals surface area contributed by atoms with Gasteiger partial charge >= 0.3 is 0 Å². The summed E-state index contributed by atoms with van der Waals surface area (Å²) in [5.41, 5.74) is 0.279. The standard InChI is InChI=1S/C15H24ClN3O/c1-5-10(3)9-11(4)18-15(20)14-12(16)7-8-13(19-14)17-6-2/h7-8,10-11H,5-6,9H2,1-4H3,(H,17,19)(H,18,20). The van der Waals surface area contributed by atoms with E-state index in [9.17, 15) is 4.79 Å². The van der Waals surface area contributed by atoms with Gasteiger partial charge in [-0.3, -0.25) is 4.79 Å². The van der Waals surface area contributed by atoms with Crippen LogP contribution in [0, 0.1) is 5.92 Å². The molecule has 0 saturated heterocycles. The van der Waals surface area contributed by atoms with Crippen LogP contribution in [-0.4, -0.2) is 23.5 Å². The van der Waals surface area contributed by atoms with Gasteiger partial charge in [-0.15, -0.1) is 0 Å². The quantitative estimate of drug-likeness (QED) is 0.806. The number of amides is 1. The Morgan fingerprint density at radius 3 is 2.65 bits per heavy atom. The molecule has 0 fully saturated rings. The number of anilines is 1. The van der Waals surface area contributed by atoms with Crippen LogP contribution < -0.4 is 10.6 Å². The van der Waals surface area contributed by atoms with E-state index in [-0.39, 0.29) is 17.6 Å². The average Bonchev–Trinajstić information content (AvgIpc) is 2.40. The van der Waals surface area contributed by atoms with E-state index in [0.717, 1.165) is 19.4 Å². The number of carbonyl (C=O) groups is 1. The lowest BCUT2D eigenvalue weighted by Gasteiger charge is -2.17. The lowest BCUT2D eigenvalue weighted by atomic mass is 10.0. The van der Waals surface area contributed by atoms with Crippen LogP contribution in [0.3, 0.4) is 0 Å². The minimum absolute atomic E-state index is 0.109. The zero-order valence-electron chi connectivity index (χ0n) is 12.7. The zero-order chi connectivity index (χ0) is 15.1. The summed E-state index contributed by atoms with van der Waals surface area (Å²) in [5.74, 6) is 1.03. The Morgan fingerprint density at radius 1 is 1.35 bits per heavy atom. The van der Waals surface area contributed by atoms with E-state index in [1.165, 1.54) is 0 Å². The first-order valence-corrected chi connectivity index (χ1v) is 7.56. The topological polar surface area (TPSA) is 54.0 Å². The van der Waals surface area contributed by atoms with Crippen molar-refractivity contribution < 1.29 is 4.79 Å². The van der Waals surface area contributed by atoms with Crippen LogP contribution in [0.1, 0.15) is 51.0 Å². The molecule has 112 valence electrons. The molecule has 1 aromatic heterocycles. The predicted octanol–water partition coefficient (Wildman–Crippen LogP) is 3.72. The molecule has 1 amide bonds. The molecule has 2 atom stereocenters. The van der Waals surface area contributed by atoms with Crippen molar-refractivity contribution in [3.8, 4) is 0 Å². The Hall–Kier alpha value is -1.29. The molecule has 0 aromatic carbocycles. The molecule has 1 aromatic rings. The number of nitrogens with zero attached hydrogens (tertiary/aromatic N) is 1. The van der Waals surface area contributed by atoms with Gasteiger partial charge in [0.05, 0.1) is 5.02 Å². The minimum atomic E-state index is -0.217. The van der Waals surface area contributed by atoms with Crippen molar-refractivity contribution in [2.24, 2.45) is 5.92 Å². The molecule has 20 heavy (non-hydrogen) atoms. The normalized spacial score (nSPS) is 13.7. The van der Waals surface area contributed by atoms with Gasteiger partial charge in [0.2, 0.25) is 0 Å². The second kappa shape index (κ2) is 8.10.